The van der Waals surface area contributed by atoms with E-state index in [-0.39, 0.29) is 17.6 Å². The number of fused-ring (bicyclic) bond motifs is 1. The lowest BCUT2D eigenvalue weighted by molar-refractivity contribution is -0.118. The zero-order chi connectivity index (χ0) is 20.4. The first-order valence-corrected chi connectivity index (χ1v) is 10.2. The zero-order valence-corrected chi connectivity index (χ0v) is 16.6. The number of carbonyl (C=O) groups is 2. The van der Waals surface area contributed by atoms with Gasteiger partial charge in [-0.15, -0.1) is 0 Å². The summed E-state index contributed by atoms with van der Waals surface area (Å²) in [5.74, 6) is 0.127. The Hall–Kier alpha value is -2.99. The Bertz CT molecular complexity index is 1050. The molecule has 29 heavy (non-hydrogen) atoms. The third kappa shape index (κ3) is 4.07. The van der Waals surface area contributed by atoms with E-state index in [0.717, 1.165) is 47.8 Å². The molecule has 2 aromatic carbocycles. The molecule has 6 heteroatoms. The molecule has 0 saturated heterocycles. The number of aromatic nitrogens is 2. The Morgan fingerprint density at radius 1 is 1.14 bits per heavy atom. The zero-order valence-electron chi connectivity index (χ0n) is 16.6. The molecule has 0 aliphatic heterocycles. The van der Waals surface area contributed by atoms with Crippen LogP contribution in [0.4, 0.5) is 5.69 Å². The number of Topliss-reactive ketones (excluding diaryl/α,β-unsaturated/α-hetero) is 1. The van der Waals surface area contributed by atoms with Crippen molar-refractivity contribution in [3.63, 3.8) is 0 Å². The largest absolute Gasteiger partial charge is 0.325 e. The standard InChI is InChI=1S/C23H26N4O2/c1-14(28)16-8-5-9-17(12-16)22-19-13-18(10-11-20(19)26-27-22)25-23(29)21(24)15-6-3-2-4-7-15/h5,8-13,15,21H,2-4,6-7,24H2,1H3,(H,25,29)(H,26,27)/t21-/m1/s1. The van der Waals surface area contributed by atoms with Crippen LogP contribution in [0.5, 0.6) is 0 Å². The fourth-order valence-electron chi connectivity index (χ4n) is 4.13. The summed E-state index contributed by atoms with van der Waals surface area (Å²) in [4.78, 5) is 24.4. The lowest BCUT2D eigenvalue weighted by Gasteiger charge is -2.26. The van der Waals surface area contributed by atoms with Gasteiger partial charge in [-0.1, -0.05) is 37.5 Å². The predicted octanol–water partition coefficient (Wildman–Crippen LogP) is 4.28. The van der Waals surface area contributed by atoms with Crippen molar-refractivity contribution in [3.8, 4) is 11.3 Å². The van der Waals surface area contributed by atoms with Crippen LogP contribution in [0.3, 0.4) is 0 Å². The van der Waals surface area contributed by atoms with Crippen molar-refractivity contribution >= 4 is 28.3 Å². The Kier molecular flexibility index (Phi) is 5.45. The van der Waals surface area contributed by atoms with Crippen molar-refractivity contribution in [1.82, 2.24) is 10.2 Å². The molecule has 4 rings (SSSR count). The molecule has 4 N–H and O–H groups in total. The number of hydrogen-bond donors (Lipinski definition) is 3. The second kappa shape index (κ2) is 8.17. The molecular weight excluding hydrogens is 364 g/mol. The number of benzene rings is 2. The Balaban J connectivity index is 1.59. The summed E-state index contributed by atoms with van der Waals surface area (Å²) in [5.41, 5.74) is 10.0. The highest BCUT2D eigenvalue weighted by atomic mass is 16.2. The second-order valence-electron chi connectivity index (χ2n) is 7.88. The summed E-state index contributed by atoms with van der Waals surface area (Å²) in [5, 5.41) is 11.3. The number of rotatable bonds is 5. The summed E-state index contributed by atoms with van der Waals surface area (Å²) in [6, 6.07) is 12.6. The Morgan fingerprint density at radius 3 is 2.69 bits per heavy atom. The molecule has 1 aliphatic rings. The van der Waals surface area contributed by atoms with Gasteiger partial charge >= 0.3 is 0 Å². The van der Waals surface area contributed by atoms with Gasteiger partial charge in [-0.05, 0) is 49.9 Å². The number of carbonyl (C=O) groups excluding carboxylic acids is 2. The molecule has 1 aliphatic carbocycles. The van der Waals surface area contributed by atoms with Crippen LogP contribution < -0.4 is 11.1 Å². The quantitative estimate of drug-likeness (QED) is 0.566. The third-order valence-corrected chi connectivity index (χ3v) is 5.83. The van der Waals surface area contributed by atoms with Gasteiger partial charge in [0.2, 0.25) is 5.91 Å². The van der Waals surface area contributed by atoms with E-state index in [9.17, 15) is 9.59 Å². The number of aromatic amines is 1. The van der Waals surface area contributed by atoms with Crippen molar-refractivity contribution < 1.29 is 9.59 Å². The summed E-state index contributed by atoms with van der Waals surface area (Å²) in [7, 11) is 0. The van der Waals surface area contributed by atoms with Crippen molar-refractivity contribution in [2.75, 3.05) is 5.32 Å². The van der Waals surface area contributed by atoms with Gasteiger partial charge in [0.05, 0.1) is 17.3 Å². The van der Waals surface area contributed by atoms with Gasteiger partial charge in [0.1, 0.15) is 0 Å². The van der Waals surface area contributed by atoms with Crippen LogP contribution in [-0.2, 0) is 4.79 Å². The average Bonchev–Trinajstić information content (AvgIpc) is 3.17. The molecule has 0 radical (unpaired) electrons. The minimum Gasteiger partial charge on any atom is -0.325 e. The Morgan fingerprint density at radius 2 is 1.93 bits per heavy atom. The molecule has 3 aromatic rings. The molecule has 6 nitrogen and oxygen atoms in total. The maximum atomic E-state index is 12.7. The van der Waals surface area contributed by atoms with E-state index in [2.05, 4.69) is 15.5 Å². The van der Waals surface area contributed by atoms with Gasteiger partial charge < -0.3 is 11.1 Å². The minimum absolute atomic E-state index is 0.0105. The first-order chi connectivity index (χ1) is 14.0. The molecule has 1 saturated carbocycles. The van der Waals surface area contributed by atoms with Crippen LogP contribution in [0.25, 0.3) is 22.2 Å². The number of amides is 1. The first-order valence-electron chi connectivity index (χ1n) is 10.2. The van der Waals surface area contributed by atoms with Crippen LogP contribution in [0.2, 0.25) is 0 Å². The molecular formula is C23H26N4O2. The van der Waals surface area contributed by atoms with E-state index in [1.165, 1.54) is 6.42 Å². The monoisotopic (exact) mass is 390 g/mol. The molecule has 1 amide bonds. The Labute approximate surface area is 169 Å². The lowest BCUT2D eigenvalue weighted by atomic mass is 9.84. The van der Waals surface area contributed by atoms with Crippen LogP contribution in [0.1, 0.15) is 49.4 Å². The maximum absolute atomic E-state index is 12.7. The van der Waals surface area contributed by atoms with Gasteiger partial charge in [-0.25, -0.2) is 0 Å². The van der Waals surface area contributed by atoms with Crippen molar-refractivity contribution in [2.24, 2.45) is 11.7 Å². The highest BCUT2D eigenvalue weighted by Crippen LogP contribution is 2.30. The van der Waals surface area contributed by atoms with Crippen LogP contribution in [0, 0.1) is 5.92 Å². The molecule has 0 unspecified atom stereocenters. The van der Waals surface area contributed by atoms with Crippen molar-refractivity contribution in [1.29, 1.82) is 0 Å². The number of hydrogen-bond acceptors (Lipinski definition) is 4. The fourth-order valence-corrected chi connectivity index (χ4v) is 4.13. The summed E-state index contributed by atoms with van der Waals surface area (Å²) >= 11 is 0. The summed E-state index contributed by atoms with van der Waals surface area (Å²) in [6.07, 6.45) is 5.57. The fraction of sp³-hybridized carbons (Fsp3) is 0.348. The number of H-pyrrole nitrogens is 1. The molecule has 150 valence electrons. The molecule has 0 bridgehead atoms. The average molecular weight is 390 g/mol. The summed E-state index contributed by atoms with van der Waals surface area (Å²) in [6.45, 7) is 1.55. The molecule has 0 spiro atoms. The number of ketones is 1. The van der Waals surface area contributed by atoms with E-state index in [1.807, 2.05) is 36.4 Å². The third-order valence-electron chi connectivity index (χ3n) is 5.83. The van der Waals surface area contributed by atoms with E-state index in [1.54, 1.807) is 13.0 Å². The highest BCUT2D eigenvalue weighted by molar-refractivity contribution is 6.01. The van der Waals surface area contributed by atoms with Gasteiger partial charge in [0, 0.05) is 22.2 Å². The van der Waals surface area contributed by atoms with Crippen LogP contribution >= 0.6 is 0 Å². The first kappa shape index (κ1) is 19.3. The molecule has 1 heterocycles. The van der Waals surface area contributed by atoms with Gasteiger partial charge in [-0.3, -0.25) is 14.7 Å². The van der Waals surface area contributed by atoms with E-state index in [0.29, 0.717) is 11.3 Å². The highest BCUT2D eigenvalue weighted by Gasteiger charge is 2.26. The molecule has 1 aromatic heterocycles. The molecule has 1 atom stereocenters. The number of anilines is 1. The van der Waals surface area contributed by atoms with Crippen molar-refractivity contribution in [3.05, 3.63) is 48.0 Å². The predicted molar refractivity (Wildman–Crippen MR) is 115 cm³/mol. The SMILES string of the molecule is CC(=O)c1cccc(-c2n[nH]c3ccc(NC(=O)[C@H](N)C4CCCCC4)cc23)c1. The normalized spacial score (nSPS) is 15.9. The number of nitrogens with zero attached hydrogens (tertiary/aromatic N) is 1. The van der Waals surface area contributed by atoms with Gasteiger partial charge in [0.15, 0.2) is 5.78 Å². The van der Waals surface area contributed by atoms with E-state index in [4.69, 9.17) is 5.73 Å². The lowest BCUT2D eigenvalue weighted by Crippen LogP contribution is -2.42. The minimum atomic E-state index is -0.484. The smallest absolute Gasteiger partial charge is 0.241 e. The van der Waals surface area contributed by atoms with Crippen molar-refractivity contribution in [2.45, 2.75) is 45.1 Å². The second-order valence-corrected chi connectivity index (χ2v) is 7.88. The maximum Gasteiger partial charge on any atom is 0.241 e. The topological polar surface area (TPSA) is 101 Å². The van der Waals surface area contributed by atoms with E-state index < -0.39 is 6.04 Å². The van der Waals surface area contributed by atoms with Crippen LogP contribution in [0.15, 0.2) is 42.5 Å². The van der Waals surface area contributed by atoms with E-state index >= 15 is 0 Å². The number of nitrogens with two attached hydrogens (primary N) is 1. The van der Waals surface area contributed by atoms with Crippen LogP contribution in [-0.4, -0.2) is 27.9 Å². The number of nitrogens with one attached hydrogen (secondary N) is 2. The van der Waals surface area contributed by atoms with Gasteiger partial charge in [-0.2, -0.15) is 5.10 Å². The molecule has 1 fully saturated rings. The summed E-state index contributed by atoms with van der Waals surface area (Å²) < 4.78 is 0. The van der Waals surface area contributed by atoms with Gasteiger partial charge in [0.25, 0.3) is 0 Å².